The van der Waals surface area contributed by atoms with Crippen molar-refractivity contribution in [1.82, 2.24) is 4.98 Å². The Morgan fingerprint density at radius 2 is 2.18 bits per heavy atom. The van der Waals surface area contributed by atoms with E-state index in [9.17, 15) is 4.79 Å². The predicted octanol–water partition coefficient (Wildman–Crippen LogP) is 2.66. The number of anilines is 1. The van der Waals surface area contributed by atoms with Crippen LogP contribution in [0, 0.1) is 5.92 Å². The average Bonchev–Trinajstić information content (AvgIpc) is 3.12. The van der Waals surface area contributed by atoms with Gasteiger partial charge in [-0.1, -0.05) is 0 Å². The third-order valence-corrected chi connectivity index (χ3v) is 3.83. The summed E-state index contributed by atoms with van der Waals surface area (Å²) in [5, 5.41) is 0. The summed E-state index contributed by atoms with van der Waals surface area (Å²) >= 11 is 0. The Hall–Kier alpha value is -1.38. The van der Waals surface area contributed by atoms with Gasteiger partial charge in [0, 0.05) is 30.3 Å². The molecule has 0 radical (unpaired) electrons. The van der Waals surface area contributed by atoms with Gasteiger partial charge in [0.15, 0.2) is 5.78 Å². The van der Waals surface area contributed by atoms with E-state index >= 15 is 0 Å². The average molecular weight is 230 g/mol. The van der Waals surface area contributed by atoms with E-state index in [0.29, 0.717) is 6.04 Å². The summed E-state index contributed by atoms with van der Waals surface area (Å²) < 4.78 is 0. The summed E-state index contributed by atoms with van der Waals surface area (Å²) in [6.45, 7) is 3.32. The minimum atomic E-state index is 0.276. The molecular formula is C14H18N2O. The molecular weight excluding hydrogens is 212 g/mol. The van der Waals surface area contributed by atoms with Crippen LogP contribution in [0.4, 0.5) is 5.82 Å². The first-order valence-corrected chi connectivity index (χ1v) is 6.52. The van der Waals surface area contributed by atoms with Crippen molar-refractivity contribution >= 4 is 11.6 Å². The molecule has 2 aliphatic rings. The zero-order valence-corrected chi connectivity index (χ0v) is 10.2. The van der Waals surface area contributed by atoms with Crippen molar-refractivity contribution in [3.8, 4) is 0 Å². The maximum absolute atomic E-state index is 11.9. The summed E-state index contributed by atoms with van der Waals surface area (Å²) in [6.07, 6.45) is 6.35. The van der Waals surface area contributed by atoms with Gasteiger partial charge in [0.05, 0.1) is 0 Å². The van der Waals surface area contributed by atoms with Gasteiger partial charge in [-0.15, -0.1) is 0 Å². The predicted molar refractivity (Wildman–Crippen MR) is 67.3 cm³/mol. The van der Waals surface area contributed by atoms with Crippen LogP contribution in [-0.2, 0) is 0 Å². The van der Waals surface area contributed by atoms with E-state index in [-0.39, 0.29) is 11.7 Å². The first kappa shape index (κ1) is 10.8. The summed E-state index contributed by atoms with van der Waals surface area (Å²) in [6, 6.07) is 4.51. The second kappa shape index (κ2) is 4.13. The third-order valence-electron chi connectivity index (χ3n) is 3.83. The molecule has 1 aliphatic carbocycles. The van der Waals surface area contributed by atoms with Crippen molar-refractivity contribution in [3.63, 3.8) is 0 Å². The maximum Gasteiger partial charge on any atom is 0.167 e. The van der Waals surface area contributed by atoms with E-state index in [2.05, 4.69) is 16.8 Å². The Morgan fingerprint density at radius 1 is 1.35 bits per heavy atom. The van der Waals surface area contributed by atoms with Crippen LogP contribution in [-0.4, -0.2) is 23.4 Å². The fourth-order valence-corrected chi connectivity index (χ4v) is 2.56. The summed E-state index contributed by atoms with van der Waals surface area (Å²) in [4.78, 5) is 18.6. The Morgan fingerprint density at radius 3 is 2.71 bits per heavy atom. The molecule has 2 heterocycles. The highest BCUT2D eigenvalue weighted by molar-refractivity contribution is 5.99. The minimum absolute atomic E-state index is 0.276. The number of hydrogen-bond acceptors (Lipinski definition) is 3. The van der Waals surface area contributed by atoms with E-state index in [1.807, 2.05) is 12.1 Å². The number of ketones is 1. The molecule has 0 bridgehead atoms. The molecule has 2 fully saturated rings. The zero-order chi connectivity index (χ0) is 11.8. The van der Waals surface area contributed by atoms with Gasteiger partial charge in [-0.05, 0) is 44.7 Å². The Labute approximate surface area is 102 Å². The third kappa shape index (κ3) is 2.06. The van der Waals surface area contributed by atoms with E-state index < -0.39 is 0 Å². The smallest absolute Gasteiger partial charge is 0.167 e. The molecule has 90 valence electrons. The molecule has 1 aliphatic heterocycles. The highest BCUT2D eigenvalue weighted by Gasteiger charge is 2.30. The van der Waals surface area contributed by atoms with Gasteiger partial charge in [-0.2, -0.15) is 0 Å². The van der Waals surface area contributed by atoms with Crippen LogP contribution in [0.5, 0.6) is 0 Å². The van der Waals surface area contributed by atoms with Gasteiger partial charge in [0.2, 0.25) is 0 Å². The van der Waals surface area contributed by atoms with Crippen LogP contribution in [0.15, 0.2) is 18.3 Å². The number of aromatic nitrogens is 1. The van der Waals surface area contributed by atoms with E-state index in [1.54, 1.807) is 6.20 Å². The van der Waals surface area contributed by atoms with Gasteiger partial charge in [-0.25, -0.2) is 4.98 Å². The normalized spacial score (nSPS) is 24.1. The first-order chi connectivity index (χ1) is 8.25. The minimum Gasteiger partial charge on any atom is -0.354 e. The Balaban J connectivity index is 1.77. The van der Waals surface area contributed by atoms with Crippen LogP contribution < -0.4 is 4.90 Å². The zero-order valence-electron chi connectivity index (χ0n) is 10.2. The van der Waals surface area contributed by atoms with E-state index in [1.165, 1.54) is 12.8 Å². The van der Waals surface area contributed by atoms with Crippen LogP contribution in [0.1, 0.15) is 43.0 Å². The van der Waals surface area contributed by atoms with Crippen molar-refractivity contribution in [2.45, 2.75) is 38.6 Å². The lowest BCUT2D eigenvalue weighted by Gasteiger charge is -2.22. The topological polar surface area (TPSA) is 33.2 Å². The fourth-order valence-electron chi connectivity index (χ4n) is 2.56. The molecule has 0 spiro atoms. The largest absolute Gasteiger partial charge is 0.354 e. The van der Waals surface area contributed by atoms with Gasteiger partial charge in [0.1, 0.15) is 5.82 Å². The molecule has 3 nitrogen and oxygen atoms in total. The SMILES string of the molecule is CC1CCCN1c1ccc(C(=O)C2CC2)cn1. The fraction of sp³-hybridized carbons (Fsp3) is 0.571. The molecule has 17 heavy (non-hydrogen) atoms. The Kier molecular flexibility index (Phi) is 2.61. The van der Waals surface area contributed by atoms with Crippen LogP contribution >= 0.6 is 0 Å². The second-order valence-corrected chi connectivity index (χ2v) is 5.23. The number of carbonyl (C=O) groups is 1. The molecule has 0 N–H and O–H groups in total. The van der Waals surface area contributed by atoms with E-state index in [4.69, 9.17) is 0 Å². The lowest BCUT2D eigenvalue weighted by molar-refractivity contribution is 0.0967. The number of hydrogen-bond donors (Lipinski definition) is 0. The molecule has 1 unspecified atom stereocenters. The highest BCUT2D eigenvalue weighted by atomic mass is 16.1. The maximum atomic E-state index is 11.9. The molecule has 3 heteroatoms. The number of rotatable bonds is 3. The molecule has 1 atom stereocenters. The van der Waals surface area contributed by atoms with Crippen LogP contribution in [0.2, 0.25) is 0 Å². The van der Waals surface area contributed by atoms with Crippen molar-refractivity contribution in [1.29, 1.82) is 0 Å². The number of Topliss-reactive ketones (excluding diaryl/α,β-unsaturated/α-hetero) is 1. The second-order valence-electron chi connectivity index (χ2n) is 5.23. The standard InChI is InChI=1S/C14H18N2O/c1-10-3-2-8-16(10)13-7-6-12(9-15-13)14(17)11-4-5-11/h6-7,9-11H,2-5,8H2,1H3. The first-order valence-electron chi connectivity index (χ1n) is 6.52. The van der Waals surface area contributed by atoms with Crippen LogP contribution in [0.25, 0.3) is 0 Å². The van der Waals surface area contributed by atoms with Crippen LogP contribution in [0.3, 0.4) is 0 Å². The monoisotopic (exact) mass is 230 g/mol. The van der Waals surface area contributed by atoms with Gasteiger partial charge in [0.25, 0.3) is 0 Å². The molecule has 3 rings (SSSR count). The number of carbonyl (C=O) groups excluding carboxylic acids is 1. The van der Waals surface area contributed by atoms with Gasteiger partial charge >= 0.3 is 0 Å². The van der Waals surface area contributed by atoms with Crippen molar-refractivity contribution in [2.75, 3.05) is 11.4 Å². The lowest BCUT2D eigenvalue weighted by atomic mass is 10.1. The molecule has 1 saturated heterocycles. The summed E-state index contributed by atoms with van der Waals surface area (Å²) in [7, 11) is 0. The van der Waals surface area contributed by atoms with Crippen molar-refractivity contribution in [2.24, 2.45) is 5.92 Å². The van der Waals surface area contributed by atoms with Gasteiger partial charge < -0.3 is 4.90 Å². The number of pyridine rings is 1. The lowest BCUT2D eigenvalue weighted by Crippen LogP contribution is -2.27. The molecule has 0 amide bonds. The molecule has 1 saturated carbocycles. The number of nitrogens with zero attached hydrogens (tertiary/aromatic N) is 2. The van der Waals surface area contributed by atoms with E-state index in [0.717, 1.165) is 30.8 Å². The van der Waals surface area contributed by atoms with Gasteiger partial charge in [-0.3, -0.25) is 4.79 Å². The highest BCUT2D eigenvalue weighted by Crippen LogP contribution is 2.32. The Bertz CT molecular complexity index is 422. The molecule has 0 aromatic carbocycles. The molecule has 1 aromatic rings. The summed E-state index contributed by atoms with van der Waals surface area (Å²) in [5.41, 5.74) is 0.781. The van der Waals surface area contributed by atoms with Crippen molar-refractivity contribution in [3.05, 3.63) is 23.9 Å². The summed E-state index contributed by atoms with van der Waals surface area (Å²) in [5.74, 6) is 1.58. The van der Waals surface area contributed by atoms with Crippen molar-refractivity contribution < 1.29 is 4.79 Å². The quantitative estimate of drug-likeness (QED) is 0.748. The molecule has 1 aromatic heterocycles.